The Labute approximate surface area is 120 Å². The maximum atomic E-state index is 11.2. The highest BCUT2D eigenvalue weighted by atomic mass is 16.1. The lowest BCUT2D eigenvalue weighted by Crippen LogP contribution is -2.26. The summed E-state index contributed by atoms with van der Waals surface area (Å²) in [5.41, 5.74) is 3.95. The van der Waals surface area contributed by atoms with Crippen molar-refractivity contribution in [3.63, 3.8) is 0 Å². The van der Waals surface area contributed by atoms with Gasteiger partial charge in [0.15, 0.2) is 5.43 Å². The van der Waals surface area contributed by atoms with Gasteiger partial charge >= 0.3 is 0 Å². The normalized spacial score (nSPS) is 12.3. The van der Waals surface area contributed by atoms with Gasteiger partial charge in [-0.1, -0.05) is 30.7 Å². The lowest BCUT2D eigenvalue weighted by molar-refractivity contribution is 0.471. The minimum absolute atomic E-state index is 0.0489. The third-order valence-electron chi connectivity index (χ3n) is 3.51. The van der Waals surface area contributed by atoms with Crippen molar-refractivity contribution in [3.8, 4) is 0 Å². The number of aryl methyl sites for hydroxylation is 2. The van der Waals surface area contributed by atoms with E-state index in [9.17, 15) is 4.79 Å². The highest BCUT2D eigenvalue weighted by molar-refractivity contribution is 5.32. The Morgan fingerprint density at radius 1 is 1.15 bits per heavy atom. The third-order valence-corrected chi connectivity index (χ3v) is 3.51. The summed E-state index contributed by atoms with van der Waals surface area (Å²) in [6.45, 7) is 8.11. The molecule has 0 aliphatic heterocycles. The fraction of sp³-hybridized carbons (Fsp3) is 0.353. The molecule has 3 heteroatoms. The summed E-state index contributed by atoms with van der Waals surface area (Å²) in [7, 11) is 0. The number of nitrogens with zero attached hydrogens (tertiary/aromatic N) is 1. The Kier molecular flexibility index (Phi) is 4.74. The van der Waals surface area contributed by atoms with Crippen molar-refractivity contribution in [2.45, 2.75) is 33.4 Å². The molecule has 0 fully saturated rings. The van der Waals surface area contributed by atoms with E-state index in [1.807, 2.05) is 17.0 Å². The van der Waals surface area contributed by atoms with E-state index in [0.29, 0.717) is 0 Å². The van der Waals surface area contributed by atoms with Crippen LogP contribution in [0.1, 0.15) is 29.7 Å². The Bertz CT molecular complexity index is 611. The molecule has 3 nitrogen and oxygen atoms in total. The van der Waals surface area contributed by atoms with Crippen LogP contribution >= 0.6 is 0 Å². The first-order chi connectivity index (χ1) is 9.60. The Morgan fingerprint density at radius 3 is 2.45 bits per heavy atom. The van der Waals surface area contributed by atoms with Crippen molar-refractivity contribution in [1.29, 1.82) is 0 Å². The first-order valence-corrected chi connectivity index (χ1v) is 7.07. The quantitative estimate of drug-likeness (QED) is 0.906. The summed E-state index contributed by atoms with van der Waals surface area (Å²) in [6, 6.07) is 10.0. The molecule has 0 radical (unpaired) electrons. The van der Waals surface area contributed by atoms with Gasteiger partial charge in [-0.3, -0.25) is 4.79 Å². The molecule has 1 aromatic heterocycles. The predicted molar refractivity (Wildman–Crippen MR) is 83.0 cm³/mol. The van der Waals surface area contributed by atoms with Crippen LogP contribution in [0.4, 0.5) is 0 Å². The minimum atomic E-state index is 0.0489. The number of aromatic nitrogens is 1. The van der Waals surface area contributed by atoms with E-state index in [4.69, 9.17) is 0 Å². The van der Waals surface area contributed by atoms with Crippen molar-refractivity contribution >= 4 is 0 Å². The third kappa shape index (κ3) is 3.58. The highest BCUT2D eigenvalue weighted by Gasteiger charge is 2.12. The monoisotopic (exact) mass is 270 g/mol. The average molecular weight is 270 g/mol. The van der Waals surface area contributed by atoms with Gasteiger partial charge in [-0.2, -0.15) is 0 Å². The van der Waals surface area contributed by atoms with Crippen LogP contribution in [0.3, 0.4) is 0 Å². The van der Waals surface area contributed by atoms with Crippen LogP contribution in [-0.2, 0) is 6.54 Å². The fourth-order valence-corrected chi connectivity index (χ4v) is 2.51. The molecule has 2 rings (SSSR count). The lowest BCUT2D eigenvalue weighted by Gasteiger charge is -2.22. The van der Waals surface area contributed by atoms with Crippen LogP contribution in [0.25, 0.3) is 0 Å². The zero-order valence-electron chi connectivity index (χ0n) is 12.4. The van der Waals surface area contributed by atoms with Crippen molar-refractivity contribution in [2.75, 3.05) is 6.54 Å². The molecule has 0 aliphatic rings. The number of hydrogen-bond donors (Lipinski definition) is 1. The minimum Gasteiger partial charge on any atom is -0.352 e. The van der Waals surface area contributed by atoms with Gasteiger partial charge in [0, 0.05) is 31.1 Å². The molecule has 0 aliphatic carbocycles. The molecule has 20 heavy (non-hydrogen) atoms. The predicted octanol–water partition coefficient (Wildman–Crippen LogP) is 2.82. The molecule has 1 atom stereocenters. The summed E-state index contributed by atoms with van der Waals surface area (Å²) in [5, 5.41) is 3.52. The molecule has 1 aromatic carbocycles. The van der Waals surface area contributed by atoms with Gasteiger partial charge in [-0.15, -0.1) is 0 Å². The molecule has 0 bridgehead atoms. The molecule has 1 unspecified atom stereocenters. The molecule has 2 aromatic rings. The van der Waals surface area contributed by atoms with Gasteiger partial charge in [0.05, 0.1) is 6.04 Å². The standard InChI is InChI=1S/C17H22N2O/c1-4-18-17(12-19-9-7-15(20)8-10-19)16-6-5-13(2)11-14(16)3/h5-11,17-18H,4,12H2,1-3H3. The van der Waals surface area contributed by atoms with Gasteiger partial charge < -0.3 is 9.88 Å². The van der Waals surface area contributed by atoms with Crippen LogP contribution in [-0.4, -0.2) is 11.1 Å². The number of nitrogens with one attached hydrogen (secondary N) is 1. The Balaban J connectivity index is 2.26. The Morgan fingerprint density at radius 2 is 1.85 bits per heavy atom. The largest absolute Gasteiger partial charge is 0.352 e. The van der Waals surface area contributed by atoms with E-state index in [0.717, 1.165) is 13.1 Å². The summed E-state index contributed by atoms with van der Waals surface area (Å²) in [4.78, 5) is 11.2. The highest BCUT2D eigenvalue weighted by Crippen LogP contribution is 2.20. The van der Waals surface area contributed by atoms with Crippen LogP contribution in [0.2, 0.25) is 0 Å². The van der Waals surface area contributed by atoms with E-state index in [1.165, 1.54) is 16.7 Å². The molecule has 1 N–H and O–H groups in total. The maximum Gasteiger partial charge on any atom is 0.181 e. The first kappa shape index (κ1) is 14.5. The summed E-state index contributed by atoms with van der Waals surface area (Å²) >= 11 is 0. The van der Waals surface area contributed by atoms with Crippen molar-refractivity contribution < 1.29 is 0 Å². The average Bonchev–Trinajstić information content (AvgIpc) is 2.41. The summed E-state index contributed by atoms with van der Waals surface area (Å²) in [6.07, 6.45) is 3.69. The number of pyridine rings is 1. The second-order valence-corrected chi connectivity index (χ2v) is 5.20. The van der Waals surface area contributed by atoms with Gasteiger partial charge in [-0.25, -0.2) is 0 Å². The van der Waals surface area contributed by atoms with E-state index < -0.39 is 0 Å². The molecule has 0 saturated heterocycles. The number of benzene rings is 1. The molecule has 0 saturated carbocycles. The summed E-state index contributed by atoms with van der Waals surface area (Å²) < 4.78 is 2.05. The van der Waals surface area contributed by atoms with E-state index in [2.05, 4.69) is 44.3 Å². The molecular weight excluding hydrogens is 248 g/mol. The van der Waals surface area contributed by atoms with Crippen molar-refractivity contribution in [1.82, 2.24) is 9.88 Å². The second kappa shape index (κ2) is 6.53. The molecule has 106 valence electrons. The molecule has 1 heterocycles. The van der Waals surface area contributed by atoms with Gasteiger partial charge in [-0.05, 0) is 31.5 Å². The number of likely N-dealkylation sites (N-methyl/N-ethyl adjacent to an activating group) is 1. The second-order valence-electron chi connectivity index (χ2n) is 5.20. The van der Waals surface area contributed by atoms with Crippen LogP contribution in [0.15, 0.2) is 47.5 Å². The van der Waals surface area contributed by atoms with E-state index in [-0.39, 0.29) is 11.5 Å². The smallest absolute Gasteiger partial charge is 0.181 e. The molecular formula is C17H22N2O. The fourth-order valence-electron chi connectivity index (χ4n) is 2.51. The number of rotatable bonds is 5. The lowest BCUT2D eigenvalue weighted by atomic mass is 9.99. The van der Waals surface area contributed by atoms with Crippen molar-refractivity contribution in [2.24, 2.45) is 0 Å². The van der Waals surface area contributed by atoms with E-state index in [1.54, 1.807) is 12.1 Å². The zero-order valence-corrected chi connectivity index (χ0v) is 12.4. The van der Waals surface area contributed by atoms with Crippen molar-refractivity contribution in [3.05, 3.63) is 69.6 Å². The number of hydrogen-bond acceptors (Lipinski definition) is 2. The van der Waals surface area contributed by atoms with Gasteiger partial charge in [0.25, 0.3) is 0 Å². The SMILES string of the molecule is CCNC(Cn1ccc(=O)cc1)c1ccc(C)cc1C. The van der Waals surface area contributed by atoms with Gasteiger partial charge in [0.2, 0.25) is 0 Å². The van der Waals surface area contributed by atoms with Crippen LogP contribution in [0.5, 0.6) is 0 Å². The Hall–Kier alpha value is -1.87. The molecule has 0 amide bonds. The maximum absolute atomic E-state index is 11.2. The van der Waals surface area contributed by atoms with Crippen LogP contribution in [0, 0.1) is 13.8 Å². The zero-order chi connectivity index (χ0) is 14.5. The van der Waals surface area contributed by atoms with Crippen LogP contribution < -0.4 is 10.7 Å². The topological polar surface area (TPSA) is 34.0 Å². The van der Waals surface area contributed by atoms with E-state index >= 15 is 0 Å². The first-order valence-electron chi connectivity index (χ1n) is 7.07. The van der Waals surface area contributed by atoms with Gasteiger partial charge in [0.1, 0.15) is 0 Å². The molecule has 0 spiro atoms. The summed E-state index contributed by atoms with van der Waals surface area (Å²) in [5.74, 6) is 0.